The lowest BCUT2D eigenvalue weighted by Gasteiger charge is -2.29. The Kier molecular flexibility index (Phi) is 8.15. The summed E-state index contributed by atoms with van der Waals surface area (Å²) in [4.78, 5) is 16.8. The van der Waals surface area contributed by atoms with Gasteiger partial charge >= 0.3 is 0 Å². The van der Waals surface area contributed by atoms with Crippen molar-refractivity contribution >= 4 is 5.91 Å². The third kappa shape index (κ3) is 5.80. The second-order valence-electron chi connectivity index (χ2n) is 6.34. The maximum atomic E-state index is 12.2. The van der Waals surface area contributed by atoms with Crippen LogP contribution < -0.4 is 5.73 Å². The molecule has 1 aliphatic heterocycles. The van der Waals surface area contributed by atoms with E-state index in [-0.39, 0.29) is 0 Å². The number of carbonyl (C=O) groups is 1. The summed E-state index contributed by atoms with van der Waals surface area (Å²) in [5.74, 6) is 0.948. The molecule has 118 valence electrons. The Labute approximate surface area is 124 Å². The van der Waals surface area contributed by atoms with E-state index in [1.54, 1.807) is 0 Å². The molecule has 0 aliphatic carbocycles. The van der Waals surface area contributed by atoms with Crippen molar-refractivity contribution in [3.05, 3.63) is 0 Å². The number of amides is 1. The fraction of sp³-hybridized carbons (Fsp3) is 0.938. The first-order valence-corrected chi connectivity index (χ1v) is 8.30. The SMILES string of the molecule is CCC(CCN)N1CCCN(C(=O)CCC(C)C)CC1. The average Bonchev–Trinajstić information content (AvgIpc) is 2.68. The van der Waals surface area contributed by atoms with Gasteiger partial charge in [0.05, 0.1) is 0 Å². The normalized spacial score (nSPS) is 19.1. The molecule has 0 radical (unpaired) electrons. The number of rotatable bonds is 7. The van der Waals surface area contributed by atoms with Crippen molar-refractivity contribution in [3.63, 3.8) is 0 Å². The fourth-order valence-corrected chi connectivity index (χ4v) is 2.96. The lowest BCUT2D eigenvalue weighted by atomic mass is 10.1. The molecule has 0 bridgehead atoms. The highest BCUT2D eigenvalue weighted by Crippen LogP contribution is 2.14. The van der Waals surface area contributed by atoms with Gasteiger partial charge in [0.15, 0.2) is 0 Å². The van der Waals surface area contributed by atoms with E-state index in [1.165, 1.54) is 0 Å². The largest absolute Gasteiger partial charge is 0.341 e. The summed E-state index contributed by atoms with van der Waals surface area (Å²) in [6, 6.07) is 0.589. The van der Waals surface area contributed by atoms with E-state index in [0.717, 1.165) is 58.4 Å². The molecule has 1 fully saturated rings. The molecule has 0 aromatic rings. The zero-order valence-electron chi connectivity index (χ0n) is 13.6. The van der Waals surface area contributed by atoms with Crippen LogP contribution in [0, 0.1) is 5.92 Å². The van der Waals surface area contributed by atoms with Crippen LogP contribution in [0.4, 0.5) is 0 Å². The van der Waals surface area contributed by atoms with E-state index >= 15 is 0 Å². The van der Waals surface area contributed by atoms with Crippen LogP contribution in [0.15, 0.2) is 0 Å². The van der Waals surface area contributed by atoms with Gasteiger partial charge in [-0.25, -0.2) is 0 Å². The van der Waals surface area contributed by atoms with E-state index in [1.807, 2.05) is 0 Å². The van der Waals surface area contributed by atoms with Crippen molar-refractivity contribution in [2.45, 2.75) is 58.9 Å². The molecule has 1 aliphatic rings. The highest BCUT2D eigenvalue weighted by atomic mass is 16.2. The van der Waals surface area contributed by atoms with Gasteiger partial charge in [0, 0.05) is 38.6 Å². The van der Waals surface area contributed by atoms with Crippen molar-refractivity contribution in [2.75, 3.05) is 32.7 Å². The summed E-state index contributed by atoms with van der Waals surface area (Å²) in [6.07, 6.45) is 5.02. The maximum Gasteiger partial charge on any atom is 0.222 e. The summed E-state index contributed by atoms with van der Waals surface area (Å²) >= 11 is 0. The van der Waals surface area contributed by atoms with E-state index in [4.69, 9.17) is 5.73 Å². The van der Waals surface area contributed by atoms with Gasteiger partial charge in [0.25, 0.3) is 0 Å². The molecule has 1 saturated heterocycles. The van der Waals surface area contributed by atoms with Gasteiger partial charge in [-0.15, -0.1) is 0 Å². The lowest BCUT2D eigenvalue weighted by Crippen LogP contribution is -2.40. The molecule has 0 saturated carbocycles. The number of carbonyl (C=O) groups excluding carboxylic acids is 1. The van der Waals surface area contributed by atoms with E-state index in [9.17, 15) is 4.79 Å². The predicted octanol–water partition coefficient (Wildman–Crippen LogP) is 2.08. The standard InChI is InChI=1S/C16H33N3O/c1-4-15(8-9-17)18-10-5-11-19(13-12-18)16(20)7-6-14(2)3/h14-15H,4-13,17H2,1-3H3. The fourth-order valence-electron chi connectivity index (χ4n) is 2.96. The molecule has 4 heteroatoms. The second-order valence-corrected chi connectivity index (χ2v) is 6.34. The Morgan fingerprint density at radius 1 is 1.15 bits per heavy atom. The number of nitrogens with zero attached hydrogens (tertiary/aromatic N) is 2. The first-order chi connectivity index (χ1) is 9.58. The molecule has 1 rings (SSSR count). The topological polar surface area (TPSA) is 49.6 Å². The zero-order chi connectivity index (χ0) is 15.0. The van der Waals surface area contributed by atoms with Crippen LogP contribution in [0.1, 0.15) is 52.9 Å². The summed E-state index contributed by atoms with van der Waals surface area (Å²) in [7, 11) is 0. The van der Waals surface area contributed by atoms with Crippen molar-refractivity contribution in [1.82, 2.24) is 9.80 Å². The van der Waals surface area contributed by atoms with Crippen LogP contribution in [0.5, 0.6) is 0 Å². The molecule has 0 spiro atoms. The smallest absolute Gasteiger partial charge is 0.222 e. The molecule has 0 aromatic heterocycles. The van der Waals surface area contributed by atoms with E-state index in [0.29, 0.717) is 24.3 Å². The summed E-state index contributed by atoms with van der Waals surface area (Å²) in [5.41, 5.74) is 5.70. The van der Waals surface area contributed by atoms with Gasteiger partial charge in [-0.05, 0) is 38.1 Å². The first-order valence-electron chi connectivity index (χ1n) is 8.30. The van der Waals surface area contributed by atoms with Gasteiger partial charge in [-0.1, -0.05) is 20.8 Å². The minimum atomic E-state index is 0.340. The van der Waals surface area contributed by atoms with Crippen LogP contribution >= 0.6 is 0 Å². The maximum absolute atomic E-state index is 12.2. The summed E-state index contributed by atoms with van der Waals surface area (Å²) in [5, 5.41) is 0. The Bertz CT molecular complexity index is 281. The molecule has 2 N–H and O–H groups in total. The zero-order valence-corrected chi connectivity index (χ0v) is 13.6. The van der Waals surface area contributed by atoms with Crippen LogP contribution in [-0.2, 0) is 4.79 Å². The van der Waals surface area contributed by atoms with Gasteiger partial charge in [-0.2, -0.15) is 0 Å². The lowest BCUT2D eigenvalue weighted by molar-refractivity contribution is -0.131. The molecule has 1 atom stereocenters. The molecule has 1 unspecified atom stereocenters. The van der Waals surface area contributed by atoms with Crippen molar-refractivity contribution < 1.29 is 4.79 Å². The van der Waals surface area contributed by atoms with E-state index in [2.05, 4.69) is 30.6 Å². The molecule has 1 heterocycles. The van der Waals surface area contributed by atoms with Crippen LogP contribution in [0.3, 0.4) is 0 Å². The Hall–Kier alpha value is -0.610. The Balaban J connectivity index is 2.43. The second kappa shape index (κ2) is 9.35. The monoisotopic (exact) mass is 283 g/mol. The molecule has 4 nitrogen and oxygen atoms in total. The average molecular weight is 283 g/mol. The summed E-state index contributed by atoms with van der Waals surface area (Å²) in [6.45, 7) is 11.3. The molecule has 0 aromatic carbocycles. The number of nitrogens with two attached hydrogens (primary N) is 1. The van der Waals surface area contributed by atoms with Gasteiger partial charge in [0.1, 0.15) is 0 Å². The summed E-state index contributed by atoms with van der Waals surface area (Å²) < 4.78 is 0. The van der Waals surface area contributed by atoms with Crippen LogP contribution in [0.25, 0.3) is 0 Å². The van der Waals surface area contributed by atoms with Gasteiger partial charge in [0.2, 0.25) is 5.91 Å². The molecule has 1 amide bonds. The number of hydrogen-bond acceptors (Lipinski definition) is 3. The van der Waals surface area contributed by atoms with Gasteiger partial charge < -0.3 is 10.6 Å². The Morgan fingerprint density at radius 3 is 2.50 bits per heavy atom. The highest BCUT2D eigenvalue weighted by Gasteiger charge is 2.22. The third-order valence-electron chi connectivity index (χ3n) is 4.31. The van der Waals surface area contributed by atoms with Crippen LogP contribution in [-0.4, -0.2) is 54.5 Å². The quantitative estimate of drug-likeness (QED) is 0.778. The van der Waals surface area contributed by atoms with Crippen molar-refractivity contribution in [3.8, 4) is 0 Å². The molecule has 20 heavy (non-hydrogen) atoms. The molecular weight excluding hydrogens is 250 g/mol. The van der Waals surface area contributed by atoms with Gasteiger partial charge in [-0.3, -0.25) is 9.69 Å². The number of hydrogen-bond donors (Lipinski definition) is 1. The minimum absolute atomic E-state index is 0.340. The van der Waals surface area contributed by atoms with Crippen molar-refractivity contribution in [2.24, 2.45) is 11.7 Å². The first kappa shape index (κ1) is 17.4. The Morgan fingerprint density at radius 2 is 1.90 bits per heavy atom. The van der Waals surface area contributed by atoms with Crippen LogP contribution in [0.2, 0.25) is 0 Å². The third-order valence-corrected chi connectivity index (χ3v) is 4.31. The predicted molar refractivity (Wildman–Crippen MR) is 84.6 cm³/mol. The minimum Gasteiger partial charge on any atom is -0.341 e. The van der Waals surface area contributed by atoms with E-state index < -0.39 is 0 Å². The highest BCUT2D eigenvalue weighted by molar-refractivity contribution is 5.76. The molecular formula is C16H33N3O. The van der Waals surface area contributed by atoms with Crippen molar-refractivity contribution in [1.29, 1.82) is 0 Å².